The Labute approximate surface area is 273 Å². The number of nitrogens with one attached hydrogen (secondary N) is 8. The molecule has 10 rings (SSSR count). The quantitative estimate of drug-likeness (QED) is 0.131. The van der Waals surface area contributed by atoms with Gasteiger partial charge in [0.1, 0.15) is 49.5 Å². The summed E-state index contributed by atoms with van der Waals surface area (Å²) >= 11 is 0. The molecule has 0 aliphatic carbocycles. The van der Waals surface area contributed by atoms with Gasteiger partial charge in [-0.2, -0.15) is 0 Å². The average molecular weight is 633 g/mol. The van der Waals surface area contributed by atoms with E-state index in [2.05, 4.69) is 113 Å². The van der Waals surface area contributed by atoms with Crippen molar-refractivity contribution in [2.45, 2.75) is 12.8 Å². The Morgan fingerprint density at radius 3 is 1.29 bits per heavy atom. The lowest BCUT2D eigenvalue weighted by molar-refractivity contribution is -0.444. The number of amidine groups is 2. The van der Waals surface area contributed by atoms with Gasteiger partial charge in [0, 0.05) is 24.0 Å². The first-order chi connectivity index (χ1) is 23.7. The van der Waals surface area contributed by atoms with E-state index >= 15 is 0 Å². The third-order valence-electron chi connectivity index (χ3n) is 9.21. The van der Waals surface area contributed by atoms with Gasteiger partial charge in [0.05, 0.1) is 55.3 Å². The first kappa shape index (κ1) is 26.9. The summed E-state index contributed by atoms with van der Waals surface area (Å²) in [5.41, 5.74) is 12.0. The SMILES string of the molecule is c1cc2nc(-c3ccc4nc(CCc5nc6ccc(-c7nc8ccc(C9=[NH+]CCN9)cc8[nH]7)cc6[nH]5)[nH]c4c3)[nH]c2cc1C1=[NH+]CCN1. The Morgan fingerprint density at radius 1 is 0.458 bits per heavy atom. The first-order valence-corrected chi connectivity index (χ1v) is 16.4. The lowest BCUT2D eigenvalue weighted by atomic mass is 10.2. The fourth-order valence-electron chi connectivity index (χ4n) is 6.78. The summed E-state index contributed by atoms with van der Waals surface area (Å²) in [7, 11) is 0. The molecular weight excluding hydrogens is 600 g/mol. The van der Waals surface area contributed by atoms with E-state index in [4.69, 9.17) is 19.9 Å². The van der Waals surface area contributed by atoms with Gasteiger partial charge in [0.25, 0.3) is 11.7 Å². The van der Waals surface area contributed by atoms with Crippen LogP contribution in [0.25, 0.3) is 66.9 Å². The Kier molecular flexibility index (Phi) is 5.95. The topological polar surface area (TPSA) is 167 Å². The zero-order chi connectivity index (χ0) is 31.6. The van der Waals surface area contributed by atoms with Gasteiger partial charge in [-0.1, -0.05) is 0 Å². The molecule has 0 saturated heterocycles. The maximum absolute atomic E-state index is 4.85. The van der Waals surface area contributed by atoms with Crippen molar-refractivity contribution >= 4 is 55.8 Å². The molecule has 0 amide bonds. The van der Waals surface area contributed by atoms with E-state index < -0.39 is 0 Å². The number of hydrogen-bond acceptors (Lipinski definition) is 6. The maximum atomic E-state index is 4.85. The lowest BCUT2D eigenvalue weighted by Gasteiger charge is -1.96. The van der Waals surface area contributed by atoms with E-state index in [9.17, 15) is 0 Å². The Balaban J connectivity index is 0.861. The fourth-order valence-corrected chi connectivity index (χ4v) is 6.78. The monoisotopic (exact) mass is 632 g/mol. The normalized spacial score (nSPS) is 14.7. The van der Waals surface area contributed by atoms with E-state index in [-0.39, 0.29) is 0 Å². The number of benzene rings is 4. The van der Waals surface area contributed by atoms with Crippen molar-refractivity contribution in [2.24, 2.45) is 0 Å². The number of imidazole rings is 4. The summed E-state index contributed by atoms with van der Waals surface area (Å²) in [6.45, 7) is 3.76. The van der Waals surface area contributed by atoms with Crippen molar-refractivity contribution in [3.63, 3.8) is 0 Å². The van der Waals surface area contributed by atoms with Gasteiger partial charge in [0.2, 0.25) is 0 Å². The highest BCUT2D eigenvalue weighted by Crippen LogP contribution is 2.26. The third kappa shape index (κ3) is 4.68. The molecule has 12 heteroatoms. The number of H-pyrrole nitrogens is 4. The molecule has 0 unspecified atom stereocenters. The minimum absolute atomic E-state index is 0.736. The molecule has 0 saturated carbocycles. The van der Waals surface area contributed by atoms with E-state index in [1.54, 1.807) is 0 Å². The second-order valence-corrected chi connectivity index (χ2v) is 12.4. The Bertz CT molecular complexity index is 2410. The van der Waals surface area contributed by atoms with E-state index in [1.165, 1.54) is 0 Å². The molecule has 4 aromatic carbocycles. The molecule has 234 valence electrons. The van der Waals surface area contributed by atoms with E-state index in [1.807, 2.05) is 0 Å². The van der Waals surface area contributed by atoms with Gasteiger partial charge in [-0.05, 0) is 72.8 Å². The summed E-state index contributed by atoms with van der Waals surface area (Å²) in [4.78, 5) is 40.2. The van der Waals surface area contributed by atoms with Gasteiger partial charge in [-0.15, -0.1) is 0 Å². The molecule has 48 heavy (non-hydrogen) atoms. The smallest absolute Gasteiger partial charge is 0.275 e. The van der Waals surface area contributed by atoms with Crippen molar-refractivity contribution in [2.75, 3.05) is 26.2 Å². The summed E-state index contributed by atoms with van der Waals surface area (Å²) in [5, 5.41) is 6.79. The molecule has 12 nitrogen and oxygen atoms in total. The molecule has 8 aromatic rings. The second kappa shape index (κ2) is 10.6. The molecule has 2 aliphatic heterocycles. The number of nitrogens with zero attached hydrogens (tertiary/aromatic N) is 4. The van der Waals surface area contributed by atoms with Crippen LogP contribution in [0.4, 0.5) is 0 Å². The van der Waals surface area contributed by atoms with Crippen molar-refractivity contribution in [1.29, 1.82) is 0 Å². The van der Waals surface area contributed by atoms with Crippen LogP contribution in [-0.4, -0.2) is 77.7 Å². The van der Waals surface area contributed by atoms with Gasteiger partial charge in [-0.3, -0.25) is 20.6 Å². The molecule has 0 bridgehead atoms. The van der Waals surface area contributed by atoms with Crippen LogP contribution >= 0.6 is 0 Å². The zero-order valence-corrected chi connectivity index (χ0v) is 26.0. The van der Waals surface area contributed by atoms with Crippen LogP contribution in [0.15, 0.2) is 72.8 Å². The first-order valence-electron chi connectivity index (χ1n) is 16.4. The van der Waals surface area contributed by atoms with Crippen LogP contribution in [0.1, 0.15) is 22.8 Å². The maximum Gasteiger partial charge on any atom is 0.275 e. The minimum atomic E-state index is 0.736. The van der Waals surface area contributed by atoms with Gasteiger partial charge >= 0.3 is 0 Å². The van der Waals surface area contributed by atoms with Gasteiger partial charge in [-0.25, -0.2) is 19.9 Å². The largest absolute Gasteiger partial charge is 0.342 e. The summed E-state index contributed by atoms with van der Waals surface area (Å²) in [6, 6.07) is 25.1. The van der Waals surface area contributed by atoms with Crippen LogP contribution in [0.3, 0.4) is 0 Å². The second-order valence-electron chi connectivity index (χ2n) is 12.4. The summed E-state index contributed by atoms with van der Waals surface area (Å²) < 4.78 is 0. The molecular formula is C36H32N12+2. The summed E-state index contributed by atoms with van der Waals surface area (Å²) in [6.07, 6.45) is 1.47. The standard InChI is InChI=1S/C36H30N12/c1-7-25-29(15-19(1)33-37-11-12-38-33)47-35(45-25)21-3-5-23-27(17-21)43-31(41-23)9-10-32-42-24-6-4-22(18-28(24)44-32)36-46-26-8-2-20(16-30(26)48-36)34-39-13-14-40-34/h1-8,15-18H,9-14H2,(H,37,38)(H,39,40)(H,41,43)(H,42,44)(H,45,47)(H,46,48)/p+2. The number of aromatic amines is 4. The summed E-state index contributed by atoms with van der Waals surface area (Å²) in [5.74, 6) is 5.66. The highest BCUT2D eigenvalue weighted by Gasteiger charge is 2.18. The number of aromatic nitrogens is 8. The molecule has 0 spiro atoms. The molecule has 2 aliphatic rings. The number of aryl methyl sites for hydroxylation is 2. The number of hydrogen-bond donors (Lipinski definition) is 8. The molecule has 4 aromatic heterocycles. The molecule has 0 fully saturated rings. The third-order valence-corrected chi connectivity index (χ3v) is 9.21. The van der Waals surface area contributed by atoms with Crippen molar-refractivity contribution in [3.8, 4) is 22.8 Å². The van der Waals surface area contributed by atoms with Crippen molar-refractivity contribution in [3.05, 3.63) is 95.6 Å². The highest BCUT2D eigenvalue weighted by molar-refractivity contribution is 5.99. The van der Waals surface area contributed by atoms with Crippen LogP contribution < -0.4 is 20.6 Å². The number of fused-ring (bicyclic) bond motifs is 4. The van der Waals surface area contributed by atoms with Gasteiger partial charge < -0.3 is 19.9 Å². The molecule has 6 heterocycles. The average Bonchev–Trinajstić information content (AvgIpc) is 3.97. The van der Waals surface area contributed by atoms with Crippen LogP contribution in [0.5, 0.6) is 0 Å². The fraction of sp³-hybridized carbons (Fsp3) is 0.167. The Hall–Kier alpha value is -6.30. The van der Waals surface area contributed by atoms with Gasteiger partial charge in [0.15, 0.2) is 0 Å². The van der Waals surface area contributed by atoms with Crippen LogP contribution in [0.2, 0.25) is 0 Å². The number of rotatable bonds is 7. The molecule has 8 N–H and O–H groups in total. The highest BCUT2D eigenvalue weighted by atomic mass is 15.1. The minimum Gasteiger partial charge on any atom is -0.342 e. The molecule has 0 radical (unpaired) electrons. The van der Waals surface area contributed by atoms with E-state index in [0.29, 0.717) is 0 Å². The predicted molar refractivity (Wildman–Crippen MR) is 186 cm³/mol. The lowest BCUT2D eigenvalue weighted by Crippen LogP contribution is -2.70. The van der Waals surface area contributed by atoms with Crippen LogP contribution in [0, 0.1) is 0 Å². The van der Waals surface area contributed by atoms with Crippen molar-refractivity contribution in [1.82, 2.24) is 50.5 Å². The zero-order valence-electron chi connectivity index (χ0n) is 26.0. The van der Waals surface area contributed by atoms with E-state index in [0.717, 1.165) is 140 Å². The van der Waals surface area contributed by atoms with Crippen LogP contribution in [-0.2, 0) is 12.8 Å². The Morgan fingerprint density at radius 2 is 0.854 bits per heavy atom. The molecule has 0 atom stereocenters. The predicted octanol–water partition coefficient (Wildman–Crippen LogP) is 1.17. The van der Waals surface area contributed by atoms with Crippen molar-refractivity contribution < 1.29 is 9.98 Å².